The topological polar surface area (TPSA) is 41.1 Å². The maximum absolute atomic E-state index is 12.7. The molecule has 0 aliphatic carbocycles. The van der Waals surface area contributed by atoms with Crippen LogP contribution in [-0.4, -0.2) is 19.0 Å². The van der Waals surface area contributed by atoms with E-state index in [1.807, 2.05) is 42.5 Å². The number of halogens is 2. The molecule has 3 nitrogen and oxygen atoms in total. The zero-order valence-electron chi connectivity index (χ0n) is 14.1. The maximum Gasteiger partial charge on any atom is 0.223 e. The fourth-order valence-electron chi connectivity index (χ4n) is 3.17. The minimum Gasteiger partial charge on any atom is -0.349 e. The van der Waals surface area contributed by atoms with Crippen LogP contribution in [0, 0.1) is 5.92 Å². The minimum absolute atomic E-state index is 0. The van der Waals surface area contributed by atoms with Crippen molar-refractivity contribution in [1.29, 1.82) is 0 Å². The van der Waals surface area contributed by atoms with Gasteiger partial charge in [0.05, 0.1) is 6.04 Å². The van der Waals surface area contributed by atoms with Crippen LogP contribution in [0.2, 0.25) is 5.02 Å². The number of benzene rings is 2. The van der Waals surface area contributed by atoms with Crippen molar-refractivity contribution in [2.75, 3.05) is 13.1 Å². The van der Waals surface area contributed by atoms with Gasteiger partial charge in [-0.3, -0.25) is 4.79 Å². The third-order valence-corrected chi connectivity index (χ3v) is 4.83. The van der Waals surface area contributed by atoms with E-state index in [2.05, 4.69) is 22.8 Å². The molecule has 1 atom stereocenters. The summed E-state index contributed by atoms with van der Waals surface area (Å²) < 4.78 is 0. The first-order chi connectivity index (χ1) is 11.7. The Morgan fingerprint density at radius 3 is 2.36 bits per heavy atom. The Balaban J connectivity index is 0.00000225. The zero-order chi connectivity index (χ0) is 16.8. The zero-order valence-corrected chi connectivity index (χ0v) is 15.7. The summed E-state index contributed by atoms with van der Waals surface area (Å²) in [6, 6.07) is 18.0. The first kappa shape index (κ1) is 19.8. The van der Waals surface area contributed by atoms with E-state index in [1.165, 1.54) is 5.56 Å². The monoisotopic (exact) mass is 378 g/mol. The predicted molar refractivity (Wildman–Crippen MR) is 105 cm³/mol. The molecule has 2 aromatic carbocycles. The van der Waals surface area contributed by atoms with Gasteiger partial charge >= 0.3 is 0 Å². The number of carbonyl (C=O) groups is 1. The van der Waals surface area contributed by atoms with E-state index < -0.39 is 0 Å². The lowest BCUT2D eigenvalue weighted by Gasteiger charge is -2.26. The average molecular weight is 379 g/mol. The number of rotatable bonds is 5. The van der Waals surface area contributed by atoms with Gasteiger partial charge in [-0.1, -0.05) is 54.1 Å². The van der Waals surface area contributed by atoms with Gasteiger partial charge in [0.15, 0.2) is 0 Å². The van der Waals surface area contributed by atoms with Crippen LogP contribution in [0.25, 0.3) is 0 Å². The summed E-state index contributed by atoms with van der Waals surface area (Å²) in [6.07, 6.45) is 2.58. The number of hydrogen-bond acceptors (Lipinski definition) is 2. The van der Waals surface area contributed by atoms with Gasteiger partial charge < -0.3 is 10.6 Å². The third-order valence-electron chi connectivity index (χ3n) is 4.58. The van der Waals surface area contributed by atoms with E-state index in [0.29, 0.717) is 0 Å². The summed E-state index contributed by atoms with van der Waals surface area (Å²) in [6.45, 7) is 1.84. The van der Waals surface area contributed by atoms with Crippen molar-refractivity contribution in [3.8, 4) is 0 Å². The summed E-state index contributed by atoms with van der Waals surface area (Å²) in [5.41, 5.74) is 2.30. The Kier molecular flexibility index (Phi) is 7.76. The molecular weight excluding hydrogens is 355 g/mol. The van der Waals surface area contributed by atoms with E-state index in [9.17, 15) is 4.79 Å². The van der Waals surface area contributed by atoms with Crippen LogP contribution in [0.4, 0.5) is 0 Å². The maximum atomic E-state index is 12.7. The van der Waals surface area contributed by atoms with Gasteiger partial charge in [0.1, 0.15) is 0 Å². The summed E-state index contributed by atoms with van der Waals surface area (Å²) in [7, 11) is 0. The second kappa shape index (κ2) is 9.81. The molecule has 0 radical (unpaired) electrons. The van der Waals surface area contributed by atoms with Crippen LogP contribution < -0.4 is 10.6 Å². The van der Waals surface area contributed by atoms with Crippen molar-refractivity contribution >= 4 is 29.9 Å². The van der Waals surface area contributed by atoms with Crippen LogP contribution in [0.5, 0.6) is 0 Å². The average Bonchev–Trinajstić information content (AvgIpc) is 2.64. The lowest BCUT2D eigenvalue weighted by atomic mass is 9.94. The molecule has 2 aromatic rings. The normalized spacial score (nSPS) is 15.9. The van der Waals surface area contributed by atoms with Crippen molar-refractivity contribution < 1.29 is 4.79 Å². The molecule has 1 aliphatic heterocycles. The van der Waals surface area contributed by atoms with Crippen LogP contribution >= 0.6 is 24.0 Å². The van der Waals surface area contributed by atoms with Crippen LogP contribution in [-0.2, 0) is 11.2 Å². The predicted octanol–water partition coefficient (Wildman–Crippen LogP) is 4.16. The van der Waals surface area contributed by atoms with E-state index in [-0.39, 0.29) is 30.3 Å². The van der Waals surface area contributed by atoms with E-state index in [4.69, 9.17) is 11.6 Å². The quantitative estimate of drug-likeness (QED) is 0.819. The Hall–Kier alpha value is -1.55. The van der Waals surface area contributed by atoms with Crippen molar-refractivity contribution in [1.82, 2.24) is 10.6 Å². The molecule has 1 heterocycles. The fraction of sp³-hybridized carbons (Fsp3) is 0.350. The molecule has 5 heteroatoms. The summed E-state index contributed by atoms with van der Waals surface area (Å²) >= 11 is 5.98. The van der Waals surface area contributed by atoms with Gasteiger partial charge in [0.2, 0.25) is 5.91 Å². The largest absolute Gasteiger partial charge is 0.349 e. The molecule has 1 fully saturated rings. The summed E-state index contributed by atoms with van der Waals surface area (Å²) in [4.78, 5) is 12.7. The van der Waals surface area contributed by atoms with Gasteiger partial charge in [-0.2, -0.15) is 0 Å². The van der Waals surface area contributed by atoms with Crippen molar-refractivity contribution in [3.05, 3.63) is 70.7 Å². The Bertz CT molecular complexity index is 655. The number of nitrogens with one attached hydrogen (secondary N) is 2. The standard InChI is InChI=1S/C20H23ClN2O.ClH/c21-18-8-6-15(7-9-18)14-19(16-4-2-1-3-5-16)23-20(24)17-10-12-22-13-11-17;/h1-9,17,19,22H,10-14H2,(H,23,24);1H. The lowest BCUT2D eigenvalue weighted by Crippen LogP contribution is -2.40. The molecule has 1 unspecified atom stereocenters. The molecule has 1 aliphatic rings. The van der Waals surface area contributed by atoms with Crippen LogP contribution in [0.15, 0.2) is 54.6 Å². The molecule has 0 aromatic heterocycles. The van der Waals surface area contributed by atoms with Crippen molar-refractivity contribution in [2.24, 2.45) is 5.92 Å². The lowest BCUT2D eigenvalue weighted by molar-refractivity contribution is -0.126. The Labute approximate surface area is 160 Å². The first-order valence-corrected chi connectivity index (χ1v) is 8.90. The van der Waals surface area contributed by atoms with E-state index in [0.717, 1.165) is 42.9 Å². The molecule has 1 amide bonds. The highest BCUT2D eigenvalue weighted by molar-refractivity contribution is 6.30. The molecule has 25 heavy (non-hydrogen) atoms. The van der Waals surface area contributed by atoms with E-state index in [1.54, 1.807) is 0 Å². The van der Waals surface area contributed by atoms with Gasteiger partial charge in [0.25, 0.3) is 0 Å². The molecule has 3 rings (SSSR count). The number of piperidine rings is 1. The van der Waals surface area contributed by atoms with Crippen molar-refractivity contribution in [3.63, 3.8) is 0 Å². The highest BCUT2D eigenvalue weighted by Crippen LogP contribution is 2.22. The minimum atomic E-state index is -0.0187. The number of amides is 1. The summed E-state index contributed by atoms with van der Waals surface area (Å²) in [5, 5.41) is 7.30. The highest BCUT2D eigenvalue weighted by Gasteiger charge is 2.24. The van der Waals surface area contributed by atoms with Gasteiger partial charge in [-0.25, -0.2) is 0 Å². The summed E-state index contributed by atoms with van der Waals surface area (Å²) in [5.74, 6) is 0.280. The Morgan fingerprint density at radius 1 is 1.08 bits per heavy atom. The molecular formula is C20H24Cl2N2O. The van der Waals surface area contributed by atoms with Crippen LogP contribution in [0.3, 0.4) is 0 Å². The van der Waals surface area contributed by atoms with Crippen LogP contribution in [0.1, 0.15) is 30.0 Å². The highest BCUT2D eigenvalue weighted by atomic mass is 35.5. The number of hydrogen-bond donors (Lipinski definition) is 2. The van der Waals surface area contributed by atoms with Crippen molar-refractivity contribution in [2.45, 2.75) is 25.3 Å². The molecule has 2 N–H and O–H groups in total. The number of carbonyl (C=O) groups excluding carboxylic acids is 1. The molecule has 134 valence electrons. The first-order valence-electron chi connectivity index (χ1n) is 8.53. The molecule has 1 saturated heterocycles. The smallest absolute Gasteiger partial charge is 0.223 e. The van der Waals surface area contributed by atoms with Gasteiger partial charge in [-0.05, 0) is 55.6 Å². The van der Waals surface area contributed by atoms with Gasteiger partial charge in [0, 0.05) is 10.9 Å². The second-order valence-electron chi connectivity index (χ2n) is 6.33. The second-order valence-corrected chi connectivity index (χ2v) is 6.76. The molecule has 0 bridgehead atoms. The fourth-order valence-corrected chi connectivity index (χ4v) is 3.29. The SMILES string of the molecule is Cl.O=C(NC(Cc1ccc(Cl)cc1)c1ccccc1)C1CCNCC1. The third kappa shape index (κ3) is 5.74. The Morgan fingerprint density at radius 2 is 1.72 bits per heavy atom. The van der Waals surface area contributed by atoms with Gasteiger partial charge in [-0.15, -0.1) is 12.4 Å². The van der Waals surface area contributed by atoms with E-state index >= 15 is 0 Å². The molecule has 0 saturated carbocycles. The molecule has 0 spiro atoms.